The molecule has 1 aromatic carbocycles. The van der Waals surface area contributed by atoms with Gasteiger partial charge in [-0.25, -0.2) is 9.37 Å². The Balaban J connectivity index is 1.92. The molecule has 0 unspecified atom stereocenters. The van der Waals surface area contributed by atoms with Crippen LogP contribution in [-0.4, -0.2) is 29.1 Å². The molecular weight excluding hydrogens is 259 g/mol. The summed E-state index contributed by atoms with van der Waals surface area (Å²) in [5.41, 5.74) is 0. The number of carboxylic acid groups (broad SMARTS) is 1. The molecule has 5 heteroatoms. The number of pyridine rings is 1. The fourth-order valence-electron chi connectivity index (χ4n) is 2.74. The fourth-order valence-corrected chi connectivity index (χ4v) is 2.74. The lowest BCUT2D eigenvalue weighted by molar-refractivity contribution is -0.142. The summed E-state index contributed by atoms with van der Waals surface area (Å²) in [7, 11) is 0. The lowest BCUT2D eigenvalue weighted by atomic mass is 9.97. The summed E-state index contributed by atoms with van der Waals surface area (Å²) in [6, 6.07) is 6.62. The molecular formula is C15H15FN2O2. The summed E-state index contributed by atoms with van der Waals surface area (Å²) in [5, 5.41) is 10.4. The molecule has 1 aromatic heterocycles. The van der Waals surface area contributed by atoms with Gasteiger partial charge >= 0.3 is 5.97 Å². The third-order valence-corrected chi connectivity index (χ3v) is 3.88. The van der Waals surface area contributed by atoms with Crippen molar-refractivity contribution in [3.63, 3.8) is 0 Å². The van der Waals surface area contributed by atoms with Gasteiger partial charge in [0.1, 0.15) is 11.6 Å². The maximum absolute atomic E-state index is 13.8. The highest BCUT2D eigenvalue weighted by molar-refractivity contribution is 5.92. The Kier molecular flexibility index (Phi) is 3.26. The van der Waals surface area contributed by atoms with E-state index in [1.54, 1.807) is 18.3 Å². The van der Waals surface area contributed by atoms with Gasteiger partial charge in [0, 0.05) is 30.1 Å². The minimum atomic E-state index is -0.735. The molecule has 0 aliphatic carbocycles. The number of carbonyl (C=O) groups is 1. The molecule has 2 aromatic rings. The normalized spacial score (nSPS) is 16.6. The maximum atomic E-state index is 13.8. The van der Waals surface area contributed by atoms with Gasteiger partial charge in [-0.1, -0.05) is 12.1 Å². The summed E-state index contributed by atoms with van der Waals surface area (Å²) in [5.74, 6) is -0.531. The highest BCUT2D eigenvalue weighted by atomic mass is 19.1. The molecule has 0 atom stereocenters. The summed E-state index contributed by atoms with van der Waals surface area (Å²) in [6.45, 7) is 1.28. The van der Waals surface area contributed by atoms with Gasteiger partial charge < -0.3 is 10.0 Å². The van der Waals surface area contributed by atoms with Crippen molar-refractivity contribution in [2.75, 3.05) is 18.0 Å². The number of rotatable bonds is 2. The molecule has 1 N–H and O–H groups in total. The quantitative estimate of drug-likeness (QED) is 0.914. The van der Waals surface area contributed by atoms with Crippen LogP contribution in [0.1, 0.15) is 12.8 Å². The van der Waals surface area contributed by atoms with Crippen LogP contribution in [0.5, 0.6) is 0 Å². The van der Waals surface area contributed by atoms with Crippen LogP contribution in [0.3, 0.4) is 0 Å². The van der Waals surface area contributed by atoms with Crippen LogP contribution in [0.25, 0.3) is 10.8 Å². The number of piperidine rings is 1. The van der Waals surface area contributed by atoms with E-state index in [0.29, 0.717) is 31.3 Å². The maximum Gasteiger partial charge on any atom is 0.306 e. The van der Waals surface area contributed by atoms with Crippen LogP contribution in [0.2, 0.25) is 0 Å². The summed E-state index contributed by atoms with van der Waals surface area (Å²) >= 11 is 0. The molecule has 3 rings (SSSR count). The molecule has 4 nitrogen and oxygen atoms in total. The van der Waals surface area contributed by atoms with E-state index in [2.05, 4.69) is 4.98 Å². The first-order chi connectivity index (χ1) is 9.66. The van der Waals surface area contributed by atoms with Gasteiger partial charge in [-0.3, -0.25) is 4.79 Å². The zero-order chi connectivity index (χ0) is 14.1. The topological polar surface area (TPSA) is 53.4 Å². The van der Waals surface area contributed by atoms with Crippen LogP contribution < -0.4 is 4.90 Å². The van der Waals surface area contributed by atoms with Gasteiger partial charge in [-0.15, -0.1) is 0 Å². The Morgan fingerprint density at radius 3 is 2.70 bits per heavy atom. The molecule has 1 saturated heterocycles. The van der Waals surface area contributed by atoms with Gasteiger partial charge in [0.15, 0.2) is 0 Å². The van der Waals surface area contributed by atoms with E-state index >= 15 is 0 Å². The average Bonchev–Trinajstić information content (AvgIpc) is 2.47. The van der Waals surface area contributed by atoms with Crippen molar-refractivity contribution in [3.8, 4) is 0 Å². The first-order valence-electron chi connectivity index (χ1n) is 6.68. The van der Waals surface area contributed by atoms with Gasteiger partial charge in [0.2, 0.25) is 0 Å². The lowest BCUT2D eigenvalue weighted by Gasteiger charge is -2.31. The van der Waals surface area contributed by atoms with Crippen molar-refractivity contribution in [2.45, 2.75) is 12.8 Å². The minimum absolute atomic E-state index is 0.258. The number of carboxylic acids is 1. The largest absolute Gasteiger partial charge is 0.481 e. The predicted octanol–water partition coefficient (Wildman–Crippen LogP) is 2.67. The third-order valence-electron chi connectivity index (χ3n) is 3.88. The minimum Gasteiger partial charge on any atom is -0.481 e. The van der Waals surface area contributed by atoms with Gasteiger partial charge in [0.25, 0.3) is 0 Å². The Bertz CT molecular complexity index is 651. The average molecular weight is 274 g/mol. The zero-order valence-electron chi connectivity index (χ0n) is 10.9. The molecule has 1 fully saturated rings. The molecule has 0 saturated carbocycles. The zero-order valence-corrected chi connectivity index (χ0v) is 10.9. The van der Waals surface area contributed by atoms with Crippen molar-refractivity contribution < 1.29 is 14.3 Å². The van der Waals surface area contributed by atoms with Crippen molar-refractivity contribution in [1.29, 1.82) is 0 Å². The molecule has 0 spiro atoms. The van der Waals surface area contributed by atoms with E-state index in [4.69, 9.17) is 5.11 Å². The van der Waals surface area contributed by atoms with Gasteiger partial charge in [0.05, 0.1) is 5.92 Å². The Morgan fingerprint density at radius 1 is 1.25 bits per heavy atom. The number of aromatic nitrogens is 1. The van der Waals surface area contributed by atoms with Crippen LogP contribution in [0.4, 0.5) is 10.2 Å². The highest BCUT2D eigenvalue weighted by Gasteiger charge is 2.25. The highest BCUT2D eigenvalue weighted by Crippen LogP contribution is 2.29. The monoisotopic (exact) mass is 274 g/mol. The number of fused-ring (bicyclic) bond motifs is 1. The Labute approximate surface area is 115 Å². The lowest BCUT2D eigenvalue weighted by Crippen LogP contribution is -2.36. The van der Waals surface area contributed by atoms with E-state index in [0.717, 1.165) is 11.2 Å². The SMILES string of the molecule is O=C(O)C1CCN(c2nccc3c(F)cccc23)CC1. The second-order valence-electron chi connectivity index (χ2n) is 5.07. The molecule has 0 bridgehead atoms. The van der Waals surface area contributed by atoms with Crippen molar-refractivity contribution in [3.05, 3.63) is 36.3 Å². The molecule has 104 valence electrons. The van der Waals surface area contributed by atoms with Crippen LogP contribution in [-0.2, 0) is 4.79 Å². The van der Waals surface area contributed by atoms with E-state index in [1.165, 1.54) is 6.07 Å². The van der Waals surface area contributed by atoms with E-state index in [9.17, 15) is 9.18 Å². The van der Waals surface area contributed by atoms with Crippen molar-refractivity contribution >= 4 is 22.6 Å². The fraction of sp³-hybridized carbons (Fsp3) is 0.333. The smallest absolute Gasteiger partial charge is 0.306 e. The number of aliphatic carboxylic acids is 1. The third kappa shape index (κ3) is 2.19. The second kappa shape index (κ2) is 5.07. The summed E-state index contributed by atoms with van der Waals surface area (Å²) in [6.07, 6.45) is 2.80. The van der Waals surface area contributed by atoms with Crippen LogP contribution >= 0.6 is 0 Å². The van der Waals surface area contributed by atoms with Gasteiger partial charge in [-0.05, 0) is 25.0 Å². The summed E-state index contributed by atoms with van der Waals surface area (Å²) in [4.78, 5) is 17.4. The number of hydrogen-bond donors (Lipinski definition) is 1. The summed E-state index contributed by atoms with van der Waals surface area (Å²) < 4.78 is 13.8. The molecule has 2 heterocycles. The first-order valence-corrected chi connectivity index (χ1v) is 6.68. The standard InChI is InChI=1S/C15H15FN2O2/c16-13-3-1-2-12-11(13)4-7-17-14(12)18-8-5-10(6-9-18)15(19)20/h1-4,7,10H,5-6,8-9H2,(H,19,20). The number of hydrogen-bond acceptors (Lipinski definition) is 3. The Morgan fingerprint density at radius 2 is 2.00 bits per heavy atom. The molecule has 1 aliphatic heterocycles. The number of anilines is 1. The number of nitrogens with zero attached hydrogens (tertiary/aromatic N) is 2. The molecule has 0 amide bonds. The van der Waals surface area contributed by atoms with E-state index < -0.39 is 5.97 Å². The molecule has 0 radical (unpaired) electrons. The first kappa shape index (κ1) is 12.8. The van der Waals surface area contributed by atoms with Crippen LogP contribution in [0, 0.1) is 11.7 Å². The molecule has 20 heavy (non-hydrogen) atoms. The van der Waals surface area contributed by atoms with E-state index in [-0.39, 0.29) is 11.7 Å². The van der Waals surface area contributed by atoms with Crippen LogP contribution in [0.15, 0.2) is 30.5 Å². The Hall–Kier alpha value is -2.17. The number of halogens is 1. The number of benzene rings is 1. The second-order valence-corrected chi connectivity index (χ2v) is 5.07. The van der Waals surface area contributed by atoms with Crippen molar-refractivity contribution in [2.24, 2.45) is 5.92 Å². The van der Waals surface area contributed by atoms with E-state index in [1.807, 2.05) is 11.0 Å². The van der Waals surface area contributed by atoms with Gasteiger partial charge in [-0.2, -0.15) is 0 Å². The predicted molar refractivity (Wildman–Crippen MR) is 74.3 cm³/mol. The molecule has 1 aliphatic rings. The van der Waals surface area contributed by atoms with Crippen molar-refractivity contribution in [1.82, 2.24) is 4.98 Å².